The summed E-state index contributed by atoms with van der Waals surface area (Å²) in [4.78, 5) is 86.7. The van der Waals surface area contributed by atoms with Crippen molar-refractivity contribution in [3.05, 3.63) is 94.6 Å². The van der Waals surface area contributed by atoms with Crippen molar-refractivity contribution in [2.75, 3.05) is 45.9 Å². The number of carbonyl (C=O) groups excluding carboxylic acids is 6. The third-order valence-electron chi connectivity index (χ3n) is 10.0. The van der Waals surface area contributed by atoms with Crippen molar-refractivity contribution < 1.29 is 57.0 Å². The Morgan fingerprint density at radius 3 is 2.10 bits per heavy atom. The molecule has 11 N–H and O–H groups in total. The number of aromatic hydroxyl groups is 1. The predicted molar refractivity (Wildman–Crippen MR) is 249 cm³/mol. The molecular formula is C46H63F2N11O10. The highest BCUT2D eigenvalue weighted by atomic mass is 19.1. The SMILES string of the molecule is CCC(=O)NCCNC(=O)NC(N)=NCCC[C@@H](NC(=O)[C@H](c1ccc(OCCCNC(=O)NCCONC(=O)OC(C)(C)C)cc1)N1Cc2ccccc2C1)C(=O)NCc1c(F)cc(O)cc1F. The van der Waals surface area contributed by atoms with E-state index in [4.69, 9.17) is 20.0 Å². The second-order valence-electron chi connectivity index (χ2n) is 16.6. The van der Waals surface area contributed by atoms with Crippen LogP contribution in [-0.4, -0.2) is 109 Å². The second-order valence-corrected chi connectivity index (χ2v) is 16.6. The molecule has 0 bridgehead atoms. The first-order valence-electron chi connectivity index (χ1n) is 22.4. The van der Waals surface area contributed by atoms with Crippen molar-refractivity contribution in [3.8, 4) is 11.5 Å². The number of ether oxygens (including phenoxy) is 2. The fraction of sp³-hybridized carbons (Fsp3) is 0.457. The molecule has 0 saturated carbocycles. The van der Waals surface area contributed by atoms with Gasteiger partial charge in [-0.3, -0.25) is 34.4 Å². The Morgan fingerprint density at radius 1 is 0.812 bits per heavy atom. The van der Waals surface area contributed by atoms with Crippen LogP contribution in [0.15, 0.2) is 65.7 Å². The Balaban J connectivity index is 1.38. The topological polar surface area (TPSA) is 288 Å². The number of hydrogen-bond donors (Lipinski definition) is 10. The van der Waals surface area contributed by atoms with Gasteiger partial charge in [0.1, 0.15) is 40.8 Å². The van der Waals surface area contributed by atoms with E-state index in [1.54, 1.807) is 52.0 Å². The molecule has 3 aromatic carbocycles. The van der Waals surface area contributed by atoms with Crippen LogP contribution in [0, 0.1) is 11.6 Å². The van der Waals surface area contributed by atoms with Crippen molar-refractivity contribution in [2.45, 2.75) is 90.7 Å². The molecule has 8 amide bonds. The van der Waals surface area contributed by atoms with E-state index >= 15 is 0 Å². The molecule has 23 heteroatoms. The number of aliphatic imine (C=N–C) groups is 1. The van der Waals surface area contributed by atoms with E-state index in [-0.39, 0.29) is 64.1 Å². The summed E-state index contributed by atoms with van der Waals surface area (Å²) < 4.78 is 40.2. The van der Waals surface area contributed by atoms with Crippen LogP contribution in [0.3, 0.4) is 0 Å². The molecule has 1 aliphatic heterocycles. The number of nitrogens with zero attached hydrogens (tertiary/aromatic N) is 2. The summed E-state index contributed by atoms with van der Waals surface area (Å²) in [5.41, 5.74) is 9.48. The number of phenols is 1. The fourth-order valence-corrected chi connectivity index (χ4v) is 6.74. The lowest BCUT2D eigenvalue weighted by Gasteiger charge is -2.29. The molecule has 0 aliphatic carbocycles. The van der Waals surface area contributed by atoms with Crippen LogP contribution in [-0.2, 0) is 43.6 Å². The number of guanidine groups is 1. The molecule has 0 saturated heterocycles. The van der Waals surface area contributed by atoms with E-state index in [0.29, 0.717) is 43.8 Å². The summed E-state index contributed by atoms with van der Waals surface area (Å²) in [7, 11) is 0. The van der Waals surface area contributed by atoms with Gasteiger partial charge in [0, 0.05) is 76.5 Å². The third-order valence-corrected chi connectivity index (χ3v) is 10.0. The van der Waals surface area contributed by atoms with Crippen LogP contribution in [0.5, 0.6) is 11.5 Å². The number of hydrogen-bond acceptors (Lipinski definition) is 12. The fourth-order valence-electron chi connectivity index (χ4n) is 6.74. The lowest BCUT2D eigenvalue weighted by Crippen LogP contribution is -2.50. The van der Waals surface area contributed by atoms with Crippen LogP contribution in [0.4, 0.5) is 23.2 Å². The molecule has 0 unspecified atom stereocenters. The first-order valence-corrected chi connectivity index (χ1v) is 22.4. The highest BCUT2D eigenvalue weighted by molar-refractivity contribution is 5.95. The number of nitrogens with two attached hydrogens (primary N) is 1. The van der Waals surface area contributed by atoms with E-state index in [2.05, 4.69) is 47.7 Å². The predicted octanol–water partition coefficient (Wildman–Crippen LogP) is 2.97. The summed E-state index contributed by atoms with van der Waals surface area (Å²) >= 11 is 0. The van der Waals surface area contributed by atoms with Gasteiger partial charge in [-0.25, -0.2) is 23.2 Å². The maximum Gasteiger partial charge on any atom is 0.431 e. The zero-order valence-corrected chi connectivity index (χ0v) is 39.2. The average molecular weight is 968 g/mol. The van der Waals surface area contributed by atoms with Crippen molar-refractivity contribution in [1.29, 1.82) is 0 Å². The summed E-state index contributed by atoms with van der Waals surface area (Å²) in [6.45, 7) is 8.15. The summed E-state index contributed by atoms with van der Waals surface area (Å²) in [6, 6.07) is 12.8. The molecule has 3 aromatic rings. The van der Waals surface area contributed by atoms with Crippen molar-refractivity contribution in [1.82, 2.24) is 47.6 Å². The van der Waals surface area contributed by atoms with E-state index in [0.717, 1.165) is 23.3 Å². The number of benzene rings is 3. The van der Waals surface area contributed by atoms with Gasteiger partial charge >= 0.3 is 18.2 Å². The third kappa shape index (κ3) is 19.5. The Morgan fingerprint density at radius 2 is 1.45 bits per heavy atom. The number of carbonyl (C=O) groups is 6. The van der Waals surface area contributed by atoms with Crippen molar-refractivity contribution in [2.24, 2.45) is 10.7 Å². The van der Waals surface area contributed by atoms with Crippen LogP contribution in [0.1, 0.15) is 81.7 Å². The molecule has 2 atom stereocenters. The van der Waals surface area contributed by atoms with Gasteiger partial charge in [0.25, 0.3) is 0 Å². The molecular weight excluding hydrogens is 905 g/mol. The van der Waals surface area contributed by atoms with Crippen LogP contribution in [0.2, 0.25) is 0 Å². The first-order chi connectivity index (χ1) is 32.9. The number of urea groups is 2. The van der Waals surface area contributed by atoms with Gasteiger partial charge in [-0.1, -0.05) is 43.3 Å². The molecule has 0 fully saturated rings. The standard InChI is InChI=1S/C46H63F2N11O10/c1-5-38(61)50-19-20-53-44(65)57-42(49)51-17-8-12-37(40(62)55-26-34-35(47)24-32(60)25-36(34)48)56-41(63)39(59-27-30-10-6-7-11-31(30)28-59)29-13-15-33(16-14-29)67-22-9-18-52-43(64)54-21-23-68-58-45(66)69-46(2,3)4/h6-7,10-11,13-16,24-25,37,39,60H,5,8-9,12,17-23,26-28H2,1-4H3,(H,50,61)(H,55,62)(H,56,63)(H,58,66)(H2,52,54,64)(H4,49,51,53,57,65)/t37-,39+/m1/s1. The number of hydroxylamine groups is 1. The van der Waals surface area contributed by atoms with Crippen LogP contribution < -0.4 is 53.2 Å². The van der Waals surface area contributed by atoms with Crippen molar-refractivity contribution in [3.63, 3.8) is 0 Å². The van der Waals surface area contributed by atoms with Gasteiger partial charge < -0.3 is 52.2 Å². The summed E-state index contributed by atoms with van der Waals surface area (Å²) in [5, 5.41) is 27.8. The maximum atomic E-state index is 14.6. The molecule has 376 valence electrons. The number of amides is 8. The lowest BCUT2D eigenvalue weighted by atomic mass is 10.0. The van der Waals surface area contributed by atoms with Gasteiger partial charge in [-0.05, 0) is 68.9 Å². The van der Waals surface area contributed by atoms with Gasteiger partial charge in [0.05, 0.1) is 13.2 Å². The molecule has 4 rings (SSSR count). The monoisotopic (exact) mass is 967 g/mol. The number of halogens is 2. The quantitative estimate of drug-likeness (QED) is 0.0269. The molecule has 0 radical (unpaired) electrons. The zero-order valence-electron chi connectivity index (χ0n) is 39.2. The number of phenolic OH excluding ortho intramolecular Hbond substituents is 1. The Hall–Kier alpha value is -7.27. The molecule has 1 aliphatic rings. The normalized spacial score (nSPS) is 13.2. The first kappa shape index (κ1) is 54.3. The number of nitrogens with one attached hydrogen (secondary N) is 8. The van der Waals surface area contributed by atoms with E-state index in [1.807, 2.05) is 29.2 Å². The lowest BCUT2D eigenvalue weighted by molar-refractivity contribution is -0.132. The van der Waals surface area contributed by atoms with E-state index in [1.165, 1.54) is 0 Å². The minimum absolute atomic E-state index is 0.00377. The average Bonchev–Trinajstić information content (AvgIpc) is 3.71. The van der Waals surface area contributed by atoms with Gasteiger partial charge in [-0.15, -0.1) is 0 Å². The second kappa shape index (κ2) is 27.5. The van der Waals surface area contributed by atoms with Crippen molar-refractivity contribution >= 4 is 41.8 Å². The van der Waals surface area contributed by atoms with E-state index < -0.39 is 77.1 Å². The summed E-state index contributed by atoms with van der Waals surface area (Å²) in [6.07, 6.45) is 0.187. The highest BCUT2D eigenvalue weighted by Crippen LogP contribution is 2.33. The molecule has 21 nitrogen and oxygen atoms in total. The molecule has 0 spiro atoms. The molecule has 69 heavy (non-hydrogen) atoms. The smallest absolute Gasteiger partial charge is 0.431 e. The number of rotatable bonds is 24. The van der Waals surface area contributed by atoms with Gasteiger partial charge in [0.2, 0.25) is 17.7 Å². The highest BCUT2D eigenvalue weighted by Gasteiger charge is 2.34. The van der Waals surface area contributed by atoms with Crippen LogP contribution in [0.25, 0.3) is 0 Å². The minimum atomic E-state index is -1.23. The largest absolute Gasteiger partial charge is 0.508 e. The Kier molecular flexibility index (Phi) is 21.7. The Bertz CT molecular complexity index is 2200. The minimum Gasteiger partial charge on any atom is -0.508 e. The molecule has 1 heterocycles. The zero-order chi connectivity index (χ0) is 50.3. The summed E-state index contributed by atoms with van der Waals surface area (Å²) in [5.74, 6) is -3.94. The number of fused-ring (bicyclic) bond motifs is 1. The Labute approximate surface area is 399 Å². The molecule has 0 aromatic heterocycles. The van der Waals surface area contributed by atoms with E-state index in [9.17, 15) is 42.7 Å². The maximum absolute atomic E-state index is 14.6. The van der Waals surface area contributed by atoms with Gasteiger partial charge in [-0.2, -0.15) is 5.48 Å². The van der Waals surface area contributed by atoms with Crippen LogP contribution >= 0.6 is 0 Å². The van der Waals surface area contributed by atoms with Gasteiger partial charge in [0.15, 0.2) is 5.96 Å².